The van der Waals surface area contributed by atoms with Gasteiger partial charge in [0.1, 0.15) is 5.82 Å². The Morgan fingerprint density at radius 2 is 2.33 bits per heavy atom. The third-order valence-corrected chi connectivity index (χ3v) is 3.87. The minimum Gasteiger partial charge on any atom is -0.376 e. The van der Waals surface area contributed by atoms with Crippen LogP contribution in [0.4, 0.5) is 0 Å². The van der Waals surface area contributed by atoms with Gasteiger partial charge in [-0.2, -0.15) is 0 Å². The van der Waals surface area contributed by atoms with Crippen LogP contribution in [0, 0.1) is 0 Å². The van der Waals surface area contributed by atoms with Crippen molar-refractivity contribution in [3.05, 3.63) is 29.0 Å². The first kappa shape index (κ1) is 12.3. The summed E-state index contributed by atoms with van der Waals surface area (Å²) in [7, 11) is 0. The molecule has 0 aliphatic carbocycles. The van der Waals surface area contributed by atoms with E-state index in [-0.39, 0.29) is 6.10 Å². The Hall–Kier alpha value is -0.770. The topological polar surface area (TPSA) is 27.1 Å². The van der Waals surface area contributed by atoms with Crippen LogP contribution in [0.25, 0.3) is 11.0 Å². The molecule has 1 atom stereocenters. The Bertz CT molecular complexity index is 561. The number of para-hydroxylation sites is 1. The third kappa shape index (κ3) is 2.11. The number of ether oxygens (including phenoxy) is 1. The van der Waals surface area contributed by atoms with Gasteiger partial charge in [-0.1, -0.05) is 17.7 Å². The maximum Gasteiger partial charge on any atom is 0.124 e. The maximum absolute atomic E-state index is 6.27. The number of benzene rings is 1. The molecule has 0 spiro atoms. The van der Waals surface area contributed by atoms with Crippen molar-refractivity contribution in [3.8, 4) is 0 Å². The lowest BCUT2D eigenvalue weighted by atomic mass is 10.2. The lowest BCUT2D eigenvalue weighted by molar-refractivity contribution is 0.0974. The van der Waals surface area contributed by atoms with Crippen LogP contribution in [0.3, 0.4) is 0 Å². The molecule has 2 heterocycles. The number of nitrogens with zero attached hydrogens (tertiary/aromatic N) is 2. The quantitative estimate of drug-likeness (QED) is 0.805. The number of hydrogen-bond donors (Lipinski definition) is 0. The lowest BCUT2D eigenvalue weighted by Crippen LogP contribution is -2.16. The van der Waals surface area contributed by atoms with Gasteiger partial charge in [0.05, 0.1) is 34.6 Å². The van der Waals surface area contributed by atoms with Crippen molar-refractivity contribution < 1.29 is 4.74 Å². The summed E-state index contributed by atoms with van der Waals surface area (Å²) in [6.07, 6.45) is 2.47. The number of alkyl halides is 1. The number of rotatable bonds is 3. The maximum atomic E-state index is 6.27. The Kier molecular flexibility index (Phi) is 3.46. The standard InChI is InChI=1S/C13H14Cl2N2O/c14-7-12-16-11-5-1-4-10(15)13(11)17(12)8-9-3-2-6-18-9/h1,4-5,9H,2-3,6-8H2. The lowest BCUT2D eigenvalue weighted by Gasteiger charge is -2.13. The average molecular weight is 285 g/mol. The fraction of sp³-hybridized carbons (Fsp3) is 0.462. The summed E-state index contributed by atoms with van der Waals surface area (Å²) in [6, 6.07) is 5.75. The molecule has 18 heavy (non-hydrogen) atoms. The number of aromatic nitrogens is 2. The summed E-state index contributed by atoms with van der Waals surface area (Å²) < 4.78 is 7.78. The first-order chi connectivity index (χ1) is 8.79. The first-order valence-corrected chi connectivity index (χ1v) is 7.02. The molecule has 1 unspecified atom stereocenters. The van der Waals surface area contributed by atoms with Gasteiger partial charge in [-0.15, -0.1) is 11.6 Å². The molecule has 0 saturated carbocycles. The molecule has 0 radical (unpaired) electrons. The molecule has 1 aromatic heterocycles. The molecular formula is C13H14Cl2N2O. The molecule has 3 rings (SSSR count). The van der Waals surface area contributed by atoms with E-state index in [1.807, 2.05) is 18.2 Å². The Morgan fingerprint density at radius 3 is 3.06 bits per heavy atom. The summed E-state index contributed by atoms with van der Waals surface area (Å²) in [5, 5.41) is 0.717. The molecule has 96 valence electrons. The number of hydrogen-bond acceptors (Lipinski definition) is 2. The molecule has 2 aromatic rings. The third-order valence-electron chi connectivity index (χ3n) is 3.33. The van der Waals surface area contributed by atoms with Gasteiger partial charge in [0, 0.05) is 6.61 Å². The van der Waals surface area contributed by atoms with Crippen molar-refractivity contribution in [2.75, 3.05) is 6.61 Å². The van der Waals surface area contributed by atoms with E-state index >= 15 is 0 Å². The van der Waals surface area contributed by atoms with E-state index < -0.39 is 0 Å². The molecule has 0 bridgehead atoms. The molecule has 1 saturated heterocycles. The van der Waals surface area contributed by atoms with E-state index in [9.17, 15) is 0 Å². The molecule has 5 heteroatoms. The average Bonchev–Trinajstić information content (AvgIpc) is 2.98. The molecule has 1 fully saturated rings. The molecule has 1 aliphatic heterocycles. The van der Waals surface area contributed by atoms with E-state index in [2.05, 4.69) is 9.55 Å². The second kappa shape index (κ2) is 5.08. The minimum absolute atomic E-state index is 0.251. The van der Waals surface area contributed by atoms with Crippen LogP contribution < -0.4 is 0 Å². The number of imidazole rings is 1. The van der Waals surface area contributed by atoms with E-state index in [1.165, 1.54) is 0 Å². The zero-order valence-electron chi connectivity index (χ0n) is 9.90. The summed E-state index contributed by atoms with van der Waals surface area (Å²) in [5.74, 6) is 1.24. The zero-order chi connectivity index (χ0) is 12.5. The van der Waals surface area contributed by atoms with Crippen LogP contribution in [-0.2, 0) is 17.2 Å². The summed E-state index contributed by atoms with van der Waals surface area (Å²) in [5.41, 5.74) is 1.86. The highest BCUT2D eigenvalue weighted by atomic mass is 35.5. The van der Waals surface area contributed by atoms with E-state index in [0.29, 0.717) is 5.88 Å². The molecule has 0 amide bonds. The SMILES string of the molecule is ClCc1nc2cccc(Cl)c2n1CC1CCCO1. The first-order valence-electron chi connectivity index (χ1n) is 6.11. The van der Waals surface area contributed by atoms with Crippen molar-refractivity contribution in [3.63, 3.8) is 0 Å². The molecule has 1 aliphatic rings. The van der Waals surface area contributed by atoms with Crippen LogP contribution in [-0.4, -0.2) is 22.3 Å². The molecular weight excluding hydrogens is 271 g/mol. The van der Waals surface area contributed by atoms with Gasteiger partial charge in [-0.05, 0) is 25.0 Å². The van der Waals surface area contributed by atoms with Gasteiger partial charge in [-0.25, -0.2) is 4.98 Å². The smallest absolute Gasteiger partial charge is 0.124 e. The van der Waals surface area contributed by atoms with Crippen LogP contribution in [0.1, 0.15) is 18.7 Å². The largest absolute Gasteiger partial charge is 0.376 e. The Labute approximate surface area is 116 Å². The van der Waals surface area contributed by atoms with Gasteiger partial charge in [0.2, 0.25) is 0 Å². The van der Waals surface area contributed by atoms with Gasteiger partial charge in [0.25, 0.3) is 0 Å². The monoisotopic (exact) mass is 284 g/mol. The van der Waals surface area contributed by atoms with Crippen LogP contribution in [0.5, 0.6) is 0 Å². The highest BCUT2D eigenvalue weighted by Crippen LogP contribution is 2.27. The Morgan fingerprint density at radius 1 is 1.44 bits per heavy atom. The highest BCUT2D eigenvalue weighted by molar-refractivity contribution is 6.35. The van der Waals surface area contributed by atoms with Crippen molar-refractivity contribution in [1.29, 1.82) is 0 Å². The number of fused-ring (bicyclic) bond motifs is 1. The highest BCUT2D eigenvalue weighted by Gasteiger charge is 2.20. The van der Waals surface area contributed by atoms with E-state index in [0.717, 1.165) is 47.9 Å². The van der Waals surface area contributed by atoms with Gasteiger partial charge < -0.3 is 9.30 Å². The molecule has 3 nitrogen and oxygen atoms in total. The fourth-order valence-corrected chi connectivity index (χ4v) is 2.96. The number of halogens is 2. The molecule has 1 aromatic carbocycles. The fourth-order valence-electron chi connectivity index (χ4n) is 2.48. The predicted molar refractivity (Wildman–Crippen MR) is 73.3 cm³/mol. The van der Waals surface area contributed by atoms with Gasteiger partial charge in [-0.3, -0.25) is 0 Å². The second-order valence-electron chi connectivity index (χ2n) is 4.51. The van der Waals surface area contributed by atoms with Crippen LogP contribution in [0.15, 0.2) is 18.2 Å². The van der Waals surface area contributed by atoms with Crippen LogP contribution in [0.2, 0.25) is 5.02 Å². The van der Waals surface area contributed by atoms with Crippen molar-refractivity contribution in [1.82, 2.24) is 9.55 Å². The normalized spacial score (nSPS) is 19.8. The van der Waals surface area contributed by atoms with Crippen molar-refractivity contribution in [2.45, 2.75) is 31.4 Å². The minimum atomic E-state index is 0.251. The van der Waals surface area contributed by atoms with Crippen molar-refractivity contribution >= 4 is 34.2 Å². The second-order valence-corrected chi connectivity index (χ2v) is 5.19. The van der Waals surface area contributed by atoms with E-state index in [4.69, 9.17) is 27.9 Å². The van der Waals surface area contributed by atoms with Gasteiger partial charge in [0.15, 0.2) is 0 Å². The predicted octanol–water partition coefficient (Wildman–Crippen LogP) is 3.61. The van der Waals surface area contributed by atoms with Crippen molar-refractivity contribution in [2.24, 2.45) is 0 Å². The zero-order valence-corrected chi connectivity index (χ0v) is 11.4. The summed E-state index contributed by atoms with van der Waals surface area (Å²) in [4.78, 5) is 4.53. The van der Waals surface area contributed by atoms with E-state index in [1.54, 1.807) is 0 Å². The van der Waals surface area contributed by atoms with Crippen LogP contribution >= 0.6 is 23.2 Å². The summed E-state index contributed by atoms with van der Waals surface area (Å²) >= 11 is 12.2. The summed E-state index contributed by atoms with van der Waals surface area (Å²) in [6.45, 7) is 1.63. The molecule has 0 N–H and O–H groups in total. The van der Waals surface area contributed by atoms with Gasteiger partial charge >= 0.3 is 0 Å². The Balaban J connectivity index is 2.06.